The number of nitrogens with one attached hydrogen (secondary N) is 1. The molecule has 1 atom stereocenters. The van der Waals surface area contributed by atoms with Crippen molar-refractivity contribution < 1.29 is 23.8 Å². The SMILES string of the molecule is C.COc1ccc(COC(=O)[C@@H](C)NC(=O)OCC2c3ccccc3-c3ccccc32)cc1. The van der Waals surface area contributed by atoms with Gasteiger partial charge in [-0.25, -0.2) is 9.59 Å². The van der Waals surface area contributed by atoms with E-state index in [0.717, 1.165) is 33.6 Å². The Hall–Kier alpha value is -3.80. The Bertz CT molecular complexity index is 1060. The van der Waals surface area contributed by atoms with Gasteiger partial charge in [0.2, 0.25) is 0 Å². The fourth-order valence-corrected chi connectivity index (χ4v) is 3.88. The Morgan fingerprint density at radius 1 is 0.879 bits per heavy atom. The van der Waals surface area contributed by atoms with Crippen molar-refractivity contribution in [1.82, 2.24) is 5.32 Å². The standard InChI is InChI=1S/C26H25NO5.CH4/c1-17(25(28)31-15-18-11-13-19(30-2)14-12-18)27-26(29)32-16-24-22-9-5-3-7-20(22)21-8-4-6-10-23(21)24;/h3-14,17,24H,15-16H2,1-2H3,(H,27,29);1H4/t17-;/m1./s1. The number of methoxy groups -OCH3 is 1. The molecule has 0 spiro atoms. The van der Waals surface area contributed by atoms with Crippen molar-refractivity contribution in [3.8, 4) is 16.9 Å². The van der Waals surface area contributed by atoms with Crippen molar-refractivity contribution in [2.24, 2.45) is 0 Å². The molecular weight excluding hydrogens is 418 g/mol. The molecule has 0 unspecified atom stereocenters. The molecule has 0 bridgehead atoms. The topological polar surface area (TPSA) is 73.9 Å². The number of hydrogen-bond acceptors (Lipinski definition) is 5. The van der Waals surface area contributed by atoms with Crippen molar-refractivity contribution >= 4 is 12.1 Å². The summed E-state index contributed by atoms with van der Waals surface area (Å²) in [6.45, 7) is 1.87. The van der Waals surface area contributed by atoms with Gasteiger partial charge in [-0.3, -0.25) is 0 Å². The molecule has 0 fully saturated rings. The summed E-state index contributed by atoms with van der Waals surface area (Å²) in [5.74, 6) is 0.158. The molecule has 0 heterocycles. The minimum Gasteiger partial charge on any atom is -0.497 e. The largest absolute Gasteiger partial charge is 0.497 e. The van der Waals surface area contributed by atoms with Gasteiger partial charge >= 0.3 is 12.1 Å². The highest BCUT2D eigenvalue weighted by Gasteiger charge is 2.29. The fraction of sp³-hybridized carbons (Fsp3) is 0.259. The molecule has 1 aliphatic rings. The Morgan fingerprint density at radius 3 is 2.03 bits per heavy atom. The molecule has 3 aromatic carbocycles. The number of alkyl carbamates (subject to hydrolysis) is 1. The van der Waals surface area contributed by atoms with Crippen molar-refractivity contribution in [1.29, 1.82) is 0 Å². The molecule has 6 heteroatoms. The molecule has 4 rings (SSSR count). The lowest BCUT2D eigenvalue weighted by Crippen LogP contribution is -2.40. The van der Waals surface area contributed by atoms with Gasteiger partial charge in [0.1, 0.15) is 25.0 Å². The lowest BCUT2D eigenvalue weighted by atomic mass is 9.98. The summed E-state index contributed by atoms with van der Waals surface area (Å²) in [4.78, 5) is 24.6. The lowest BCUT2D eigenvalue weighted by Gasteiger charge is -2.17. The van der Waals surface area contributed by atoms with Crippen LogP contribution in [-0.4, -0.2) is 31.8 Å². The average molecular weight is 448 g/mol. The normalized spacial score (nSPS) is 12.5. The first-order valence-electron chi connectivity index (χ1n) is 10.5. The van der Waals surface area contributed by atoms with Crippen LogP contribution >= 0.6 is 0 Å². The maximum Gasteiger partial charge on any atom is 0.407 e. The molecule has 3 aromatic rings. The van der Waals surface area contributed by atoms with Gasteiger partial charge in [0.15, 0.2) is 0 Å². The van der Waals surface area contributed by atoms with E-state index in [9.17, 15) is 9.59 Å². The summed E-state index contributed by atoms with van der Waals surface area (Å²) in [5, 5.41) is 2.55. The van der Waals surface area contributed by atoms with Crippen molar-refractivity contribution in [2.75, 3.05) is 13.7 Å². The zero-order chi connectivity index (χ0) is 22.5. The van der Waals surface area contributed by atoms with E-state index < -0.39 is 18.1 Å². The maximum atomic E-state index is 12.3. The molecule has 0 saturated heterocycles. The van der Waals surface area contributed by atoms with Gasteiger partial charge in [0.25, 0.3) is 0 Å². The van der Waals surface area contributed by atoms with Crippen molar-refractivity contribution in [3.63, 3.8) is 0 Å². The van der Waals surface area contributed by atoms with Gasteiger partial charge in [0.05, 0.1) is 7.11 Å². The highest BCUT2D eigenvalue weighted by molar-refractivity contribution is 5.81. The average Bonchev–Trinajstić information content (AvgIpc) is 3.15. The molecule has 0 aliphatic heterocycles. The van der Waals surface area contributed by atoms with Gasteiger partial charge in [0, 0.05) is 5.92 Å². The second kappa shape index (κ2) is 10.7. The highest BCUT2D eigenvalue weighted by atomic mass is 16.6. The number of hydrogen-bond donors (Lipinski definition) is 1. The number of esters is 1. The van der Waals surface area contributed by atoms with Crippen LogP contribution in [0.5, 0.6) is 5.75 Å². The summed E-state index contributed by atoms with van der Waals surface area (Å²) in [5.41, 5.74) is 5.41. The van der Waals surface area contributed by atoms with Crippen molar-refractivity contribution in [2.45, 2.75) is 32.9 Å². The third kappa shape index (κ3) is 5.34. The summed E-state index contributed by atoms with van der Waals surface area (Å²) in [6, 6.07) is 22.6. The van der Waals surface area contributed by atoms with Crippen LogP contribution in [0.3, 0.4) is 0 Å². The first kappa shape index (κ1) is 23.9. The fourth-order valence-electron chi connectivity index (χ4n) is 3.88. The van der Waals surface area contributed by atoms with E-state index >= 15 is 0 Å². The van der Waals surface area contributed by atoms with Gasteiger partial charge in [-0.2, -0.15) is 0 Å². The summed E-state index contributed by atoms with van der Waals surface area (Å²) in [7, 11) is 1.59. The number of benzene rings is 3. The van der Waals surface area contributed by atoms with E-state index in [1.165, 1.54) is 0 Å². The van der Waals surface area contributed by atoms with E-state index in [2.05, 4.69) is 29.6 Å². The maximum absolute atomic E-state index is 12.3. The molecule has 0 saturated carbocycles. The quantitative estimate of drug-likeness (QED) is 0.498. The van der Waals surface area contributed by atoms with Crippen LogP contribution in [0.25, 0.3) is 11.1 Å². The van der Waals surface area contributed by atoms with Crippen LogP contribution < -0.4 is 10.1 Å². The van der Waals surface area contributed by atoms with E-state index in [1.54, 1.807) is 26.2 Å². The number of carbonyl (C=O) groups is 2. The van der Waals surface area contributed by atoms with Gasteiger partial charge < -0.3 is 19.5 Å². The molecule has 6 nitrogen and oxygen atoms in total. The summed E-state index contributed by atoms with van der Waals surface area (Å²) < 4.78 is 15.9. The number of amides is 1. The Kier molecular flexibility index (Phi) is 7.72. The minimum atomic E-state index is -0.830. The lowest BCUT2D eigenvalue weighted by molar-refractivity contribution is -0.146. The monoisotopic (exact) mass is 447 g/mol. The smallest absolute Gasteiger partial charge is 0.407 e. The van der Waals surface area contributed by atoms with Crippen LogP contribution in [0, 0.1) is 0 Å². The molecule has 1 N–H and O–H groups in total. The van der Waals surface area contributed by atoms with Gasteiger partial charge in [-0.1, -0.05) is 68.1 Å². The van der Waals surface area contributed by atoms with Crippen LogP contribution in [0.4, 0.5) is 4.79 Å². The second-order valence-electron chi connectivity index (χ2n) is 7.65. The van der Waals surface area contributed by atoms with Crippen molar-refractivity contribution in [3.05, 3.63) is 89.5 Å². The van der Waals surface area contributed by atoms with Crippen LogP contribution in [0.15, 0.2) is 72.8 Å². The Balaban J connectivity index is 0.00000306. The van der Waals surface area contributed by atoms with Crippen LogP contribution in [0.2, 0.25) is 0 Å². The van der Waals surface area contributed by atoms with E-state index in [0.29, 0.717) is 0 Å². The number of ether oxygens (including phenoxy) is 3. The minimum absolute atomic E-state index is 0. The molecular formula is C27H29NO5. The van der Waals surface area contributed by atoms with Gasteiger partial charge in [-0.15, -0.1) is 0 Å². The number of fused-ring (bicyclic) bond motifs is 3. The molecule has 33 heavy (non-hydrogen) atoms. The number of carbonyl (C=O) groups excluding carboxylic acids is 2. The van der Waals surface area contributed by atoms with E-state index in [1.807, 2.05) is 36.4 Å². The van der Waals surface area contributed by atoms with E-state index in [-0.39, 0.29) is 26.6 Å². The molecule has 1 aliphatic carbocycles. The molecule has 0 radical (unpaired) electrons. The number of rotatable bonds is 7. The first-order valence-corrected chi connectivity index (χ1v) is 10.5. The third-order valence-electron chi connectivity index (χ3n) is 5.57. The molecule has 0 aromatic heterocycles. The van der Waals surface area contributed by atoms with Crippen LogP contribution in [-0.2, 0) is 20.9 Å². The predicted octanol–water partition coefficient (Wildman–Crippen LogP) is 5.30. The summed E-state index contributed by atoms with van der Waals surface area (Å²) >= 11 is 0. The zero-order valence-electron chi connectivity index (χ0n) is 18.0. The Labute approximate surface area is 194 Å². The first-order chi connectivity index (χ1) is 15.6. The predicted molar refractivity (Wildman–Crippen MR) is 127 cm³/mol. The van der Waals surface area contributed by atoms with Crippen LogP contribution in [0.1, 0.15) is 37.0 Å². The third-order valence-corrected chi connectivity index (χ3v) is 5.57. The zero-order valence-corrected chi connectivity index (χ0v) is 18.0. The highest BCUT2D eigenvalue weighted by Crippen LogP contribution is 2.44. The second-order valence-corrected chi connectivity index (χ2v) is 7.65. The van der Waals surface area contributed by atoms with Gasteiger partial charge in [-0.05, 0) is 46.9 Å². The Morgan fingerprint density at radius 2 is 1.45 bits per heavy atom. The molecule has 1 amide bonds. The summed E-state index contributed by atoms with van der Waals surface area (Å²) in [6.07, 6.45) is -0.652. The van der Waals surface area contributed by atoms with E-state index in [4.69, 9.17) is 14.2 Å². The molecule has 172 valence electrons.